The highest BCUT2D eigenvalue weighted by atomic mass is 127. The van der Waals surface area contributed by atoms with Gasteiger partial charge in [-0.3, -0.25) is 14.9 Å². The number of hydrogen-bond donors (Lipinski definition) is 2. The summed E-state index contributed by atoms with van der Waals surface area (Å²) < 4.78 is 36.4. The van der Waals surface area contributed by atoms with Crippen LogP contribution in [0, 0.1) is 0 Å². The summed E-state index contributed by atoms with van der Waals surface area (Å²) in [7, 11) is 1.44. The molecule has 0 aliphatic carbocycles. The molecule has 0 saturated heterocycles. The molecule has 1 aromatic heterocycles. The number of aromatic nitrogens is 1. The molecule has 1 rings (SSSR count). The van der Waals surface area contributed by atoms with Crippen LogP contribution in [0.15, 0.2) is 29.4 Å². The van der Waals surface area contributed by atoms with E-state index in [2.05, 4.69) is 15.3 Å². The van der Waals surface area contributed by atoms with Crippen molar-refractivity contribution >= 4 is 29.9 Å². The summed E-state index contributed by atoms with van der Waals surface area (Å²) in [6.07, 6.45) is -1.19. The van der Waals surface area contributed by atoms with Crippen LogP contribution in [0.4, 0.5) is 13.2 Å². The van der Waals surface area contributed by atoms with Crippen LogP contribution in [0.3, 0.4) is 0 Å². The number of nitrogens with zero attached hydrogens (tertiary/aromatic N) is 3. The number of nitrogens with one attached hydrogen (secondary N) is 1. The van der Waals surface area contributed by atoms with Gasteiger partial charge in [-0.2, -0.15) is 13.2 Å². The lowest BCUT2D eigenvalue weighted by atomic mass is 10.3. The van der Waals surface area contributed by atoms with E-state index in [9.17, 15) is 13.2 Å². The molecule has 0 fully saturated rings. The van der Waals surface area contributed by atoms with Gasteiger partial charge in [0, 0.05) is 31.4 Å². The van der Waals surface area contributed by atoms with Crippen LogP contribution in [0.2, 0.25) is 0 Å². The van der Waals surface area contributed by atoms with Gasteiger partial charge in [0.05, 0.1) is 6.54 Å². The molecule has 5 nitrogen and oxygen atoms in total. The first-order valence-electron chi connectivity index (χ1n) is 7.06. The Hall–Kier alpha value is -1.10. The third kappa shape index (κ3) is 12.0. The first-order chi connectivity index (χ1) is 10.4. The van der Waals surface area contributed by atoms with Gasteiger partial charge in [-0.15, -0.1) is 24.0 Å². The fourth-order valence-corrected chi connectivity index (χ4v) is 1.85. The number of guanidine groups is 1. The molecule has 0 aliphatic rings. The molecule has 1 heterocycles. The van der Waals surface area contributed by atoms with Crippen LogP contribution in [0.1, 0.15) is 12.1 Å². The summed E-state index contributed by atoms with van der Waals surface area (Å²) in [5, 5.41) is 2.95. The second-order valence-electron chi connectivity index (χ2n) is 4.97. The lowest BCUT2D eigenvalue weighted by molar-refractivity contribution is -0.143. The third-order valence-electron chi connectivity index (χ3n) is 2.84. The van der Waals surface area contributed by atoms with E-state index in [4.69, 9.17) is 5.73 Å². The van der Waals surface area contributed by atoms with E-state index in [1.54, 1.807) is 6.20 Å². The first kappa shape index (κ1) is 21.9. The van der Waals surface area contributed by atoms with Crippen molar-refractivity contribution in [3.8, 4) is 0 Å². The molecular formula is C14H23F3IN5. The molecule has 0 aliphatic heterocycles. The SMILES string of the molecule is CN(CCCN=C(N)NCCc1ccccn1)CC(F)(F)F.I. The topological polar surface area (TPSA) is 66.5 Å². The molecule has 1 aromatic rings. The first-order valence-corrected chi connectivity index (χ1v) is 7.06. The highest BCUT2D eigenvalue weighted by Crippen LogP contribution is 2.15. The number of pyridine rings is 1. The highest BCUT2D eigenvalue weighted by Gasteiger charge is 2.28. The van der Waals surface area contributed by atoms with Crippen molar-refractivity contribution in [2.24, 2.45) is 10.7 Å². The average Bonchev–Trinajstić information content (AvgIpc) is 2.43. The Morgan fingerprint density at radius 3 is 2.74 bits per heavy atom. The van der Waals surface area contributed by atoms with Crippen molar-refractivity contribution in [3.63, 3.8) is 0 Å². The monoisotopic (exact) mass is 445 g/mol. The maximum atomic E-state index is 12.1. The van der Waals surface area contributed by atoms with Crippen molar-refractivity contribution in [3.05, 3.63) is 30.1 Å². The van der Waals surface area contributed by atoms with Crippen LogP contribution in [0.25, 0.3) is 0 Å². The van der Waals surface area contributed by atoms with E-state index in [1.807, 2.05) is 18.2 Å². The largest absolute Gasteiger partial charge is 0.401 e. The number of rotatable bonds is 8. The zero-order valence-corrected chi connectivity index (χ0v) is 15.3. The zero-order valence-electron chi connectivity index (χ0n) is 13.0. The molecule has 0 atom stereocenters. The molecule has 132 valence electrons. The second-order valence-corrected chi connectivity index (χ2v) is 4.97. The summed E-state index contributed by atoms with van der Waals surface area (Å²) in [5.41, 5.74) is 6.64. The van der Waals surface area contributed by atoms with Crippen molar-refractivity contribution in [1.82, 2.24) is 15.2 Å². The summed E-state index contributed by atoms with van der Waals surface area (Å²) in [6.45, 7) is 0.420. The Morgan fingerprint density at radius 1 is 1.39 bits per heavy atom. The van der Waals surface area contributed by atoms with Gasteiger partial charge in [-0.25, -0.2) is 0 Å². The van der Waals surface area contributed by atoms with E-state index < -0.39 is 12.7 Å². The highest BCUT2D eigenvalue weighted by molar-refractivity contribution is 14.0. The molecule has 0 amide bonds. The number of halogens is 4. The van der Waals surface area contributed by atoms with Gasteiger partial charge in [-0.05, 0) is 32.1 Å². The predicted molar refractivity (Wildman–Crippen MR) is 96.0 cm³/mol. The summed E-state index contributed by atoms with van der Waals surface area (Å²) in [6, 6.07) is 5.69. The molecule has 0 radical (unpaired) electrons. The van der Waals surface area contributed by atoms with Gasteiger partial charge in [-0.1, -0.05) is 6.07 Å². The van der Waals surface area contributed by atoms with E-state index in [1.165, 1.54) is 11.9 Å². The Bertz CT molecular complexity index is 453. The Kier molecular flexibility index (Phi) is 10.9. The fourth-order valence-electron chi connectivity index (χ4n) is 1.85. The maximum Gasteiger partial charge on any atom is 0.401 e. The van der Waals surface area contributed by atoms with Gasteiger partial charge in [0.1, 0.15) is 0 Å². The molecule has 0 bridgehead atoms. The van der Waals surface area contributed by atoms with Crippen LogP contribution in [-0.4, -0.2) is 55.2 Å². The number of hydrogen-bond acceptors (Lipinski definition) is 3. The lowest BCUT2D eigenvalue weighted by Gasteiger charge is -2.17. The average molecular weight is 445 g/mol. The molecule has 0 saturated carbocycles. The number of nitrogens with two attached hydrogens (primary N) is 1. The van der Waals surface area contributed by atoms with Gasteiger partial charge < -0.3 is 11.1 Å². The quantitative estimate of drug-likeness (QED) is 0.278. The summed E-state index contributed by atoms with van der Waals surface area (Å²) in [4.78, 5) is 9.48. The molecule has 0 aromatic carbocycles. The van der Waals surface area contributed by atoms with Crippen LogP contribution >= 0.6 is 24.0 Å². The van der Waals surface area contributed by atoms with E-state index in [-0.39, 0.29) is 24.0 Å². The van der Waals surface area contributed by atoms with E-state index in [0.29, 0.717) is 32.0 Å². The number of alkyl halides is 3. The van der Waals surface area contributed by atoms with E-state index in [0.717, 1.165) is 12.1 Å². The van der Waals surface area contributed by atoms with Crippen molar-refractivity contribution in [2.45, 2.75) is 19.0 Å². The molecule has 0 unspecified atom stereocenters. The van der Waals surface area contributed by atoms with E-state index >= 15 is 0 Å². The van der Waals surface area contributed by atoms with Crippen LogP contribution in [-0.2, 0) is 6.42 Å². The second kappa shape index (κ2) is 11.4. The molecule has 3 N–H and O–H groups in total. The minimum atomic E-state index is -4.16. The summed E-state index contributed by atoms with van der Waals surface area (Å²) in [5.74, 6) is 0.300. The lowest BCUT2D eigenvalue weighted by Crippen LogP contribution is -2.34. The van der Waals surface area contributed by atoms with Gasteiger partial charge in [0.15, 0.2) is 5.96 Å². The smallest absolute Gasteiger partial charge is 0.370 e. The summed E-state index contributed by atoms with van der Waals surface area (Å²) >= 11 is 0. The fraction of sp³-hybridized carbons (Fsp3) is 0.571. The van der Waals surface area contributed by atoms with Crippen LogP contribution < -0.4 is 11.1 Å². The third-order valence-corrected chi connectivity index (χ3v) is 2.84. The Morgan fingerprint density at radius 2 is 2.13 bits per heavy atom. The Balaban J connectivity index is 0.00000484. The predicted octanol–water partition coefficient (Wildman–Crippen LogP) is 2.03. The molecule has 0 spiro atoms. The van der Waals surface area contributed by atoms with Crippen molar-refractivity contribution in [2.75, 3.05) is 33.2 Å². The number of aliphatic imine (C=N–C) groups is 1. The van der Waals surface area contributed by atoms with Crippen molar-refractivity contribution < 1.29 is 13.2 Å². The van der Waals surface area contributed by atoms with Gasteiger partial charge >= 0.3 is 6.18 Å². The van der Waals surface area contributed by atoms with Gasteiger partial charge in [0.25, 0.3) is 0 Å². The van der Waals surface area contributed by atoms with Crippen molar-refractivity contribution in [1.29, 1.82) is 0 Å². The molecule has 23 heavy (non-hydrogen) atoms. The standard InChI is InChI=1S/C14H22F3N5.HI/c1-22(11-14(15,16)17)10-4-8-20-13(18)21-9-6-12-5-2-3-7-19-12;/h2-3,5,7H,4,6,8-11H2,1H3,(H3,18,20,21);1H. The minimum Gasteiger partial charge on any atom is -0.370 e. The van der Waals surface area contributed by atoms with Crippen LogP contribution in [0.5, 0.6) is 0 Å². The molecular weight excluding hydrogens is 422 g/mol. The zero-order chi connectivity index (χ0) is 16.4. The normalized spacial score (nSPS) is 12.1. The Labute approximate surface area is 151 Å². The molecule has 9 heteroatoms. The maximum absolute atomic E-state index is 12.1. The minimum absolute atomic E-state index is 0. The van der Waals surface area contributed by atoms with Gasteiger partial charge in [0.2, 0.25) is 0 Å².